The molecule has 8 nitrogen and oxygen atoms in total. The van der Waals surface area contributed by atoms with Crippen molar-refractivity contribution in [3.63, 3.8) is 0 Å². The standard InChI is InChI=1S/C15H21F2N3O.2C2HF3O2/c16-15(17)4-6-19(8-9-21)11-14(15)3-7-20(12-14)13-2-1-5-18-10-13;2*3-2(4,5)1(6)7/h1-2,5,10,21H,3-4,6-9,11-12H2;2*(H,6,7). The van der Waals surface area contributed by atoms with Crippen LogP contribution in [0.5, 0.6) is 0 Å². The highest BCUT2D eigenvalue weighted by atomic mass is 19.4. The van der Waals surface area contributed by atoms with Crippen molar-refractivity contribution >= 4 is 17.6 Å². The minimum atomic E-state index is -5.08. The van der Waals surface area contributed by atoms with Gasteiger partial charge in [0, 0.05) is 45.3 Å². The summed E-state index contributed by atoms with van der Waals surface area (Å²) in [6.07, 6.45) is -6.39. The maximum Gasteiger partial charge on any atom is 0.490 e. The number of piperidine rings is 1. The molecule has 1 unspecified atom stereocenters. The Morgan fingerprint density at radius 3 is 1.94 bits per heavy atom. The van der Waals surface area contributed by atoms with E-state index in [4.69, 9.17) is 24.9 Å². The van der Waals surface area contributed by atoms with Crippen molar-refractivity contribution in [1.82, 2.24) is 9.88 Å². The molecule has 2 saturated heterocycles. The van der Waals surface area contributed by atoms with Crippen molar-refractivity contribution < 1.29 is 60.0 Å². The van der Waals surface area contributed by atoms with Gasteiger partial charge < -0.3 is 20.2 Å². The first-order valence-corrected chi connectivity index (χ1v) is 9.91. The maximum absolute atomic E-state index is 14.5. The molecule has 3 heterocycles. The fraction of sp³-hybridized carbons (Fsp3) is 0.632. The molecule has 1 aromatic rings. The number of likely N-dealkylation sites (tertiary alicyclic amines) is 1. The molecular formula is C19H23F8N3O5. The molecule has 0 saturated carbocycles. The fourth-order valence-electron chi connectivity index (χ4n) is 3.58. The van der Waals surface area contributed by atoms with E-state index in [1.807, 2.05) is 21.9 Å². The van der Waals surface area contributed by atoms with Gasteiger partial charge >= 0.3 is 24.3 Å². The normalized spacial score (nSPS) is 22.0. The molecule has 1 aromatic heterocycles. The van der Waals surface area contributed by atoms with Gasteiger partial charge in [-0.1, -0.05) is 0 Å². The summed E-state index contributed by atoms with van der Waals surface area (Å²) in [5, 5.41) is 23.3. The smallest absolute Gasteiger partial charge is 0.475 e. The first-order chi connectivity index (χ1) is 15.9. The Labute approximate surface area is 193 Å². The third kappa shape index (κ3) is 8.76. The number of alkyl halides is 8. The van der Waals surface area contributed by atoms with Crippen LogP contribution in [0.4, 0.5) is 40.8 Å². The Morgan fingerprint density at radius 1 is 0.971 bits per heavy atom. The lowest BCUT2D eigenvalue weighted by Gasteiger charge is -2.45. The van der Waals surface area contributed by atoms with Crippen LogP contribution in [-0.2, 0) is 9.59 Å². The number of halogens is 8. The molecule has 2 fully saturated rings. The lowest BCUT2D eigenvalue weighted by molar-refractivity contribution is -0.193. The van der Waals surface area contributed by atoms with Crippen LogP contribution in [0.1, 0.15) is 12.8 Å². The third-order valence-corrected chi connectivity index (χ3v) is 5.31. The average Bonchev–Trinajstić information content (AvgIpc) is 3.17. The Kier molecular flexibility index (Phi) is 10.2. The first kappa shape index (κ1) is 30.3. The van der Waals surface area contributed by atoms with E-state index in [1.165, 1.54) is 0 Å². The molecule has 2 aliphatic heterocycles. The molecule has 1 spiro atoms. The molecule has 3 N–H and O–H groups in total. The van der Waals surface area contributed by atoms with E-state index in [0.29, 0.717) is 39.1 Å². The molecule has 0 amide bonds. The van der Waals surface area contributed by atoms with Crippen molar-refractivity contribution in [1.29, 1.82) is 0 Å². The van der Waals surface area contributed by atoms with Gasteiger partial charge in [-0.05, 0) is 18.6 Å². The minimum Gasteiger partial charge on any atom is -0.475 e. The first-order valence-electron chi connectivity index (χ1n) is 9.91. The number of rotatable bonds is 3. The number of β-amino-alcohol motifs (C(OH)–C–C–N with tert-alkyl or cyclic N) is 1. The van der Waals surface area contributed by atoms with E-state index >= 15 is 0 Å². The van der Waals surface area contributed by atoms with E-state index in [2.05, 4.69) is 4.98 Å². The number of aromatic nitrogens is 1. The van der Waals surface area contributed by atoms with Crippen LogP contribution >= 0.6 is 0 Å². The average molecular weight is 525 g/mol. The van der Waals surface area contributed by atoms with Gasteiger partial charge in [0.05, 0.1) is 23.9 Å². The zero-order valence-corrected chi connectivity index (χ0v) is 18.0. The zero-order valence-electron chi connectivity index (χ0n) is 18.0. The highest BCUT2D eigenvalue weighted by molar-refractivity contribution is 5.73. The SMILES string of the molecule is O=C(O)C(F)(F)F.O=C(O)C(F)(F)F.OCCN1CCC(F)(F)C2(CCN(c3cccnc3)C2)C1. The van der Waals surface area contributed by atoms with Crippen molar-refractivity contribution in [2.24, 2.45) is 5.41 Å². The third-order valence-electron chi connectivity index (χ3n) is 5.31. The lowest BCUT2D eigenvalue weighted by atomic mass is 9.75. The number of carboxylic acids is 2. The largest absolute Gasteiger partial charge is 0.490 e. The summed E-state index contributed by atoms with van der Waals surface area (Å²) in [5.74, 6) is -8.16. The molecule has 0 aromatic carbocycles. The molecular weight excluding hydrogens is 502 g/mol. The van der Waals surface area contributed by atoms with E-state index < -0.39 is 35.6 Å². The summed E-state index contributed by atoms with van der Waals surface area (Å²) >= 11 is 0. The number of nitrogens with zero attached hydrogens (tertiary/aromatic N) is 3. The van der Waals surface area contributed by atoms with Gasteiger partial charge in [0.25, 0.3) is 5.92 Å². The quantitative estimate of drug-likeness (QED) is 0.517. The molecule has 3 rings (SSSR count). The van der Waals surface area contributed by atoms with Crippen LogP contribution < -0.4 is 4.90 Å². The van der Waals surface area contributed by atoms with Crippen LogP contribution in [0, 0.1) is 5.41 Å². The fourth-order valence-corrected chi connectivity index (χ4v) is 3.58. The van der Waals surface area contributed by atoms with Crippen LogP contribution in [0.15, 0.2) is 24.5 Å². The Morgan fingerprint density at radius 2 is 1.51 bits per heavy atom. The molecule has 2 aliphatic rings. The van der Waals surface area contributed by atoms with Crippen LogP contribution in [0.25, 0.3) is 0 Å². The number of aliphatic hydroxyl groups excluding tert-OH is 1. The molecule has 0 radical (unpaired) electrons. The van der Waals surface area contributed by atoms with Crippen molar-refractivity contribution in [2.45, 2.75) is 31.1 Å². The van der Waals surface area contributed by atoms with Crippen molar-refractivity contribution in [3.05, 3.63) is 24.5 Å². The second-order valence-corrected chi connectivity index (χ2v) is 7.72. The minimum absolute atomic E-state index is 0.0218. The molecule has 200 valence electrons. The van der Waals surface area contributed by atoms with Crippen molar-refractivity contribution in [3.8, 4) is 0 Å². The van der Waals surface area contributed by atoms with Crippen LogP contribution in [0.2, 0.25) is 0 Å². The summed E-state index contributed by atoms with van der Waals surface area (Å²) in [6.45, 7) is 2.21. The van der Waals surface area contributed by atoms with E-state index in [-0.39, 0.29) is 13.0 Å². The second kappa shape index (κ2) is 11.8. The zero-order chi connectivity index (χ0) is 27.1. The number of aliphatic hydroxyl groups is 1. The van der Waals surface area contributed by atoms with Gasteiger partial charge in [-0.25, -0.2) is 18.4 Å². The molecule has 0 bridgehead atoms. The molecule has 0 aliphatic carbocycles. The van der Waals surface area contributed by atoms with Gasteiger partial charge in [0.2, 0.25) is 0 Å². The van der Waals surface area contributed by atoms with Gasteiger partial charge in [-0.2, -0.15) is 26.3 Å². The lowest BCUT2D eigenvalue weighted by Crippen LogP contribution is -2.57. The number of pyridine rings is 1. The highest BCUT2D eigenvalue weighted by Gasteiger charge is 2.59. The summed E-state index contributed by atoms with van der Waals surface area (Å²) in [6, 6.07) is 3.75. The van der Waals surface area contributed by atoms with Crippen molar-refractivity contribution in [2.75, 3.05) is 44.2 Å². The topological polar surface area (TPSA) is 114 Å². The maximum atomic E-state index is 14.5. The Bertz CT molecular complexity index is 814. The predicted octanol–water partition coefficient (Wildman–Crippen LogP) is 2.88. The number of aliphatic carboxylic acids is 2. The van der Waals surface area contributed by atoms with E-state index in [1.54, 1.807) is 12.4 Å². The monoisotopic (exact) mass is 525 g/mol. The second-order valence-electron chi connectivity index (χ2n) is 7.72. The summed E-state index contributed by atoms with van der Waals surface area (Å²) in [4.78, 5) is 25.8. The van der Waals surface area contributed by atoms with E-state index in [9.17, 15) is 35.1 Å². The molecule has 1 atom stereocenters. The number of anilines is 1. The Hall–Kier alpha value is -2.75. The van der Waals surface area contributed by atoms with Crippen LogP contribution in [-0.4, -0.2) is 94.7 Å². The molecule has 35 heavy (non-hydrogen) atoms. The van der Waals surface area contributed by atoms with Gasteiger partial charge in [-0.15, -0.1) is 0 Å². The Balaban J connectivity index is 0.000000362. The number of hydrogen-bond acceptors (Lipinski definition) is 6. The predicted molar refractivity (Wildman–Crippen MR) is 104 cm³/mol. The molecule has 16 heteroatoms. The van der Waals surface area contributed by atoms with Gasteiger partial charge in [0.1, 0.15) is 0 Å². The number of carboxylic acid groups (broad SMARTS) is 2. The number of hydrogen-bond donors (Lipinski definition) is 3. The summed E-state index contributed by atoms with van der Waals surface area (Å²) in [5.41, 5.74) is -0.0968. The van der Waals surface area contributed by atoms with Gasteiger partial charge in [0.15, 0.2) is 0 Å². The number of carbonyl (C=O) groups is 2. The highest BCUT2D eigenvalue weighted by Crippen LogP contribution is 2.50. The van der Waals surface area contributed by atoms with Crippen LogP contribution in [0.3, 0.4) is 0 Å². The van der Waals surface area contributed by atoms with Gasteiger partial charge in [-0.3, -0.25) is 9.88 Å². The summed E-state index contributed by atoms with van der Waals surface area (Å²) in [7, 11) is 0. The van der Waals surface area contributed by atoms with E-state index in [0.717, 1.165) is 5.69 Å². The summed E-state index contributed by atoms with van der Waals surface area (Å²) < 4.78 is 92.5.